The lowest BCUT2D eigenvalue weighted by Crippen LogP contribution is -2.33. The summed E-state index contributed by atoms with van der Waals surface area (Å²) in [7, 11) is 0. The number of hydrogen-bond donors (Lipinski definition) is 2. The largest absolute Gasteiger partial charge is 0.352 e. The van der Waals surface area contributed by atoms with Crippen LogP contribution in [0.1, 0.15) is 28.3 Å². The van der Waals surface area contributed by atoms with Crippen molar-refractivity contribution in [3.05, 3.63) is 131 Å². The lowest BCUT2D eigenvalue weighted by molar-refractivity contribution is 0.762. The molecule has 0 heterocycles. The number of anilines is 1. The number of thiocarbonyl (C=S) groups is 1. The average molecular weight is 455 g/mol. The summed E-state index contributed by atoms with van der Waals surface area (Å²) in [5.41, 5.74) is 5.89. The summed E-state index contributed by atoms with van der Waals surface area (Å²) in [6, 6.07) is 37.8. The maximum absolute atomic E-state index is 5.68. The van der Waals surface area contributed by atoms with Crippen LogP contribution >= 0.6 is 24.0 Å². The van der Waals surface area contributed by atoms with Gasteiger partial charge in [-0.1, -0.05) is 84.9 Å². The molecular formula is C28H26N2S2. The van der Waals surface area contributed by atoms with Crippen LogP contribution in [0.3, 0.4) is 0 Å². The smallest absolute Gasteiger partial charge is 0.171 e. The summed E-state index contributed by atoms with van der Waals surface area (Å²) in [5, 5.41) is 7.47. The second-order valence-corrected chi connectivity index (χ2v) is 9.05. The van der Waals surface area contributed by atoms with Gasteiger partial charge < -0.3 is 10.6 Å². The molecule has 0 aromatic heterocycles. The van der Waals surface area contributed by atoms with Crippen molar-refractivity contribution in [3.8, 4) is 0 Å². The number of aryl methyl sites for hydroxylation is 1. The molecule has 4 heteroatoms. The third-order valence-electron chi connectivity index (χ3n) is 5.27. The van der Waals surface area contributed by atoms with E-state index in [1.165, 1.54) is 27.1 Å². The molecule has 1 atom stereocenters. The summed E-state index contributed by atoms with van der Waals surface area (Å²) in [4.78, 5) is 1.28. The van der Waals surface area contributed by atoms with Gasteiger partial charge in [-0.2, -0.15) is 0 Å². The van der Waals surface area contributed by atoms with Crippen LogP contribution < -0.4 is 10.6 Å². The summed E-state index contributed by atoms with van der Waals surface area (Å²) < 4.78 is 0. The second kappa shape index (κ2) is 11.0. The van der Waals surface area contributed by atoms with Gasteiger partial charge in [-0.05, 0) is 65.7 Å². The van der Waals surface area contributed by atoms with E-state index in [0.29, 0.717) is 5.11 Å². The number of rotatable bonds is 7. The monoisotopic (exact) mass is 454 g/mol. The van der Waals surface area contributed by atoms with Gasteiger partial charge in [0.2, 0.25) is 0 Å². The number of thioether (sulfide) groups is 1. The number of nitrogens with one attached hydrogen (secondary N) is 2. The van der Waals surface area contributed by atoms with Gasteiger partial charge in [0, 0.05) is 16.3 Å². The van der Waals surface area contributed by atoms with E-state index >= 15 is 0 Å². The Morgan fingerprint density at radius 2 is 1.41 bits per heavy atom. The highest BCUT2D eigenvalue weighted by molar-refractivity contribution is 7.98. The van der Waals surface area contributed by atoms with Gasteiger partial charge in [-0.3, -0.25) is 0 Å². The van der Waals surface area contributed by atoms with Crippen molar-refractivity contribution in [3.63, 3.8) is 0 Å². The maximum atomic E-state index is 5.68. The zero-order chi connectivity index (χ0) is 22.2. The van der Waals surface area contributed by atoms with Crippen LogP contribution in [0, 0.1) is 6.92 Å². The van der Waals surface area contributed by atoms with Gasteiger partial charge in [0.15, 0.2) is 5.11 Å². The van der Waals surface area contributed by atoms with E-state index in [1.807, 2.05) is 23.9 Å². The van der Waals surface area contributed by atoms with E-state index in [9.17, 15) is 0 Å². The quantitative estimate of drug-likeness (QED) is 0.225. The molecule has 0 bridgehead atoms. The van der Waals surface area contributed by atoms with Crippen molar-refractivity contribution >= 4 is 34.8 Å². The Bertz CT molecular complexity index is 1140. The molecular weight excluding hydrogens is 428 g/mol. The van der Waals surface area contributed by atoms with Gasteiger partial charge >= 0.3 is 0 Å². The maximum Gasteiger partial charge on any atom is 0.171 e. The predicted molar refractivity (Wildman–Crippen MR) is 141 cm³/mol. The fourth-order valence-electron chi connectivity index (χ4n) is 3.56. The van der Waals surface area contributed by atoms with Crippen molar-refractivity contribution < 1.29 is 0 Å². The van der Waals surface area contributed by atoms with E-state index < -0.39 is 0 Å². The van der Waals surface area contributed by atoms with Crippen molar-refractivity contribution in [2.45, 2.75) is 23.6 Å². The molecule has 0 amide bonds. The predicted octanol–water partition coefficient (Wildman–Crippen LogP) is 7.36. The molecule has 0 aliphatic carbocycles. The molecule has 0 saturated heterocycles. The van der Waals surface area contributed by atoms with Crippen LogP contribution in [-0.4, -0.2) is 5.11 Å². The Morgan fingerprint density at radius 3 is 2.09 bits per heavy atom. The van der Waals surface area contributed by atoms with Crippen molar-refractivity contribution in [1.29, 1.82) is 0 Å². The van der Waals surface area contributed by atoms with Gasteiger partial charge in [0.1, 0.15) is 0 Å². The first kappa shape index (κ1) is 22.1. The first-order valence-corrected chi connectivity index (χ1v) is 12.0. The van der Waals surface area contributed by atoms with Crippen LogP contribution in [0.2, 0.25) is 0 Å². The molecule has 0 spiro atoms. The summed E-state index contributed by atoms with van der Waals surface area (Å²) >= 11 is 7.52. The highest BCUT2D eigenvalue weighted by Gasteiger charge is 2.17. The minimum Gasteiger partial charge on any atom is -0.352 e. The molecule has 0 unspecified atom stereocenters. The van der Waals surface area contributed by atoms with E-state index in [-0.39, 0.29) is 6.04 Å². The zero-order valence-corrected chi connectivity index (χ0v) is 19.6. The standard InChI is InChI=1S/C28H26N2S2/c1-21-10-8-9-15-26(21)27(23-11-4-2-5-12-23)30-28(31)29-24-18-16-22(17-19-24)20-32-25-13-6-3-7-14-25/h2-19,27H,20H2,1H3,(H2,29,30,31)/t27-/m1/s1. The normalized spacial score (nSPS) is 11.5. The van der Waals surface area contributed by atoms with E-state index in [1.54, 1.807) is 0 Å². The van der Waals surface area contributed by atoms with E-state index in [0.717, 1.165) is 11.4 Å². The third kappa shape index (κ3) is 6.00. The molecule has 2 N–H and O–H groups in total. The minimum atomic E-state index is -0.0149. The Kier molecular flexibility index (Phi) is 7.59. The molecule has 0 saturated carbocycles. The summed E-state index contributed by atoms with van der Waals surface area (Å²) in [6.45, 7) is 2.13. The van der Waals surface area contributed by atoms with Crippen molar-refractivity contribution in [2.24, 2.45) is 0 Å². The highest BCUT2D eigenvalue weighted by Crippen LogP contribution is 2.26. The molecule has 4 aromatic rings. The molecule has 0 fully saturated rings. The first-order valence-electron chi connectivity index (χ1n) is 10.6. The van der Waals surface area contributed by atoms with Crippen LogP contribution in [0.25, 0.3) is 0 Å². The minimum absolute atomic E-state index is 0.0149. The topological polar surface area (TPSA) is 24.1 Å². The Hall–Kier alpha value is -3.08. The average Bonchev–Trinajstić information content (AvgIpc) is 2.84. The van der Waals surface area contributed by atoms with Gasteiger partial charge in [-0.25, -0.2) is 0 Å². The zero-order valence-electron chi connectivity index (χ0n) is 18.0. The second-order valence-electron chi connectivity index (χ2n) is 7.60. The summed E-state index contributed by atoms with van der Waals surface area (Å²) in [6.07, 6.45) is 0. The van der Waals surface area contributed by atoms with Gasteiger partial charge in [0.05, 0.1) is 6.04 Å². The van der Waals surface area contributed by atoms with E-state index in [4.69, 9.17) is 12.2 Å². The highest BCUT2D eigenvalue weighted by atomic mass is 32.2. The summed E-state index contributed by atoms with van der Waals surface area (Å²) in [5.74, 6) is 0.941. The molecule has 32 heavy (non-hydrogen) atoms. The molecule has 4 aromatic carbocycles. The molecule has 4 rings (SSSR count). The molecule has 0 aliphatic rings. The first-order chi connectivity index (χ1) is 15.7. The third-order valence-corrected chi connectivity index (χ3v) is 6.57. The van der Waals surface area contributed by atoms with Crippen LogP contribution in [0.5, 0.6) is 0 Å². The van der Waals surface area contributed by atoms with Crippen LogP contribution in [0.4, 0.5) is 5.69 Å². The molecule has 160 valence electrons. The molecule has 0 radical (unpaired) electrons. The molecule has 2 nitrogen and oxygen atoms in total. The SMILES string of the molecule is Cc1ccccc1[C@H](NC(=S)Nc1ccc(CSc2ccccc2)cc1)c1ccccc1. The van der Waals surface area contributed by atoms with E-state index in [2.05, 4.69) is 115 Å². The van der Waals surface area contributed by atoms with Crippen LogP contribution in [0.15, 0.2) is 114 Å². The number of benzene rings is 4. The van der Waals surface area contributed by atoms with Gasteiger partial charge in [0.25, 0.3) is 0 Å². The Morgan fingerprint density at radius 1 is 0.781 bits per heavy atom. The Labute approximate surface area is 200 Å². The number of hydrogen-bond acceptors (Lipinski definition) is 2. The fraction of sp³-hybridized carbons (Fsp3) is 0.107. The fourth-order valence-corrected chi connectivity index (χ4v) is 4.67. The lowest BCUT2D eigenvalue weighted by Gasteiger charge is -2.23. The van der Waals surface area contributed by atoms with Crippen molar-refractivity contribution in [2.75, 3.05) is 5.32 Å². The van der Waals surface area contributed by atoms with Crippen molar-refractivity contribution in [1.82, 2.24) is 5.32 Å². The molecule has 0 aliphatic heterocycles. The van der Waals surface area contributed by atoms with Crippen LogP contribution in [-0.2, 0) is 5.75 Å². The lowest BCUT2D eigenvalue weighted by atomic mass is 9.95. The Balaban J connectivity index is 1.41. The van der Waals surface area contributed by atoms with Gasteiger partial charge in [-0.15, -0.1) is 11.8 Å².